The molecule has 0 aliphatic carbocycles. The van der Waals surface area contributed by atoms with Gasteiger partial charge in [-0.15, -0.1) is 6.42 Å². The van der Waals surface area contributed by atoms with E-state index in [4.69, 9.17) is 6.42 Å². The van der Waals surface area contributed by atoms with Gasteiger partial charge in [-0.05, 0) is 48.1 Å². The van der Waals surface area contributed by atoms with Crippen molar-refractivity contribution in [3.63, 3.8) is 0 Å². The van der Waals surface area contributed by atoms with E-state index in [1.807, 2.05) is 36.6 Å². The number of fused-ring (bicyclic) bond motifs is 1. The lowest BCUT2D eigenvalue weighted by Crippen LogP contribution is -2.76. The van der Waals surface area contributed by atoms with Gasteiger partial charge in [-0.1, -0.05) is 48.4 Å². The van der Waals surface area contributed by atoms with Crippen molar-refractivity contribution >= 4 is 29.6 Å². The molecule has 38 heavy (non-hydrogen) atoms. The molecule has 2 atom stereocenters. The molecule has 0 radical (unpaired) electrons. The van der Waals surface area contributed by atoms with E-state index in [2.05, 4.69) is 11.2 Å². The minimum atomic E-state index is -0.696. The quantitative estimate of drug-likeness (QED) is 0.498. The van der Waals surface area contributed by atoms with Gasteiger partial charge in [0.2, 0.25) is 11.8 Å². The van der Waals surface area contributed by atoms with Crippen LogP contribution in [0.5, 0.6) is 0 Å². The van der Waals surface area contributed by atoms with E-state index in [-0.39, 0.29) is 43.3 Å². The predicted molar refractivity (Wildman–Crippen MR) is 145 cm³/mol. The number of nitrogens with one attached hydrogen (secondary N) is 1. The molecule has 2 saturated heterocycles. The number of carbonyl (C=O) groups is 3. The average molecular weight is 538 g/mol. The number of halogens is 1. The smallest absolute Gasteiger partial charge is 0.334 e. The Hall–Kier alpha value is -3.55. The fourth-order valence-electron chi connectivity index (χ4n) is 4.91. The van der Waals surface area contributed by atoms with Crippen molar-refractivity contribution in [2.45, 2.75) is 31.6 Å². The maximum Gasteiger partial charge on any atom is 0.334 e. The van der Waals surface area contributed by atoms with Crippen LogP contribution in [0.25, 0.3) is 0 Å². The standard InChI is InChI=1S/C28H32FN5O3S/c1-3-15-32-20-26(35)33-24(14-17-38-2)27(36)31(16-13-21-9-11-23(29)12-10-21)19-25(33)34(32)28(37)30-18-22-7-5-4-6-8-22/h1,4-12,24-25H,13-20H2,2H3,(H,30,37)/t24-,25-/m0/s1. The number of piperazine rings is 1. The maximum absolute atomic E-state index is 13.6. The molecule has 2 aliphatic heterocycles. The highest BCUT2D eigenvalue weighted by molar-refractivity contribution is 7.98. The molecule has 8 nitrogen and oxygen atoms in total. The number of hydrazine groups is 1. The van der Waals surface area contributed by atoms with E-state index in [0.29, 0.717) is 31.7 Å². The van der Waals surface area contributed by atoms with Crippen molar-refractivity contribution in [2.24, 2.45) is 0 Å². The molecule has 2 aromatic carbocycles. The Balaban J connectivity index is 1.60. The van der Waals surface area contributed by atoms with Gasteiger partial charge in [0.15, 0.2) is 0 Å². The highest BCUT2D eigenvalue weighted by atomic mass is 32.2. The second-order valence-corrected chi connectivity index (χ2v) is 10.2. The largest absolute Gasteiger partial charge is 0.337 e. The third kappa shape index (κ3) is 6.29. The Kier molecular flexibility index (Phi) is 9.26. The first-order valence-corrected chi connectivity index (χ1v) is 13.9. The first kappa shape index (κ1) is 27.5. The Labute approximate surface area is 227 Å². The number of rotatable bonds is 9. The first-order valence-electron chi connectivity index (χ1n) is 12.6. The average Bonchev–Trinajstić information content (AvgIpc) is 2.92. The Morgan fingerprint density at radius 3 is 2.55 bits per heavy atom. The fourth-order valence-corrected chi connectivity index (χ4v) is 5.37. The molecular formula is C28H32FN5O3S. The van der Waals surface area contributed by atoms with Crippen molar-refractivity contribution in [3.05, 3.63) is 71.5 Å². The minimum Gasteiger partial charge on any atom is -0.337 e. The molecule has 2 aromatic rings. The van der Waals surface area contributed by atoms with Gasteiger partial charge < -0.3 is 15.1 Å². The third-order valence-electron chi connectivity index (χ3n) is 6.78. The molecule has 4 amide bonds. The monoisotopic (exact) mass is 537 g/mol. The summed E-state index contributed by atoms with van der Waals surface area (Å²) in [5.74, 6) is 2.55. The molecule has 1 N–H and O–H groups in total. The van der Waals surface area contributed by atoms with Gasteiger partial charge in [0, 0.05) is 13.1 Å². The summed E-state index contributed by atoms with van der Waals surface area (Å²) in [6.45, 7) is 0.838. The Morgan fingerprint density at radius 1 is 1.13 bits per heavy atom. The summed E-state index contributed by atoms with van der Waals surface area (Å²) < 4.78 is 13.4. The highest BCUT2D eigenvalue weighted by Crippen LogP contribution is 2.28. The molecule has 200 valence electrons. The van der Waals surface area contributed by atoms with Gasteiger partial charge in [-0.25, -0.2) is 14.2 Å². The van der Waals surface area contributed by atoms with Gasteiger partial charge >= 0.3 is 6.03 Å². The van der Waals surface area contributed by atoms with Crippen LogP contribution < -0.4 is 5.32 Å². The summed E-state index contributed by atoms with van der Waals surface area (Å²) in [4.78, 5) is 43.8. The van der Waals surface area contributed by atoms with E-state index >= 15 is 0 Å². The van der Waals surface area contributed by atoms with Crippen LogP contribution in [0, 0.1) is 18.2 Å². The van der Waals surface area contributed by atoms with E-state index in [0.717, 1.165) is 11.1 Å². The number of hydrogen-bond acceptors (Lipinski definition) is 5. The highest BCUT2D eigenvalue weighted by Gasteiger charge is 2.50. The fraction of sp³-hybridized carbons (Fsp3) is 0.393. The molecular weight excluding hydrogens is 505 g/mol. The van der Waals surface area contributed by atoms with Gasteiger partial charge in [0.1, 0.15) is 18.0 Å². The number of hydrogen-bond donors (Lipinski definition) is 1. The van der Waals surface area contributed by atoms with E-state index in [1.54, 1.807) is 38.7 Å². The lowest BCUT2D eigenvalue weighted by atomic mass is 10.0. The number of amides is 4. The van der Waals surface area contributed by atoms with Gasteiger partial charge in [0.25, 0.3) is 0 Å². The van der Waals surface area contributed by atoms with E-state index < -0.39 is 12.2 Å². The zero-order chi connectivity index (χ0) is 27.1. The minimum absolute atomic E-state index is 0.0772. The number of terminal acetylenes is 1. The maximum atomic E-state index is 13.6. The summed E-state index contributed by atoms with van der Waals surface area (Å²) >= 11 is 1.60. The molecule has 10 heteroatoms. The lowest BCUT2D eigenvalue weighted by Gasteiger charge is -2.55. The Morgan fingerprint density at radius 2 is 1.87 bits per heavy atom. The van der Waals surface area contributed by atoms with Crippen LogP contribution in [0.15, 0.2) is 54.6 Å². The molecule has 4 rings (SSSR count). The topological polar surface area (TPSA) is 76.2 Å². The number of carbonyl (C=O) groups excluding carboxylic acids is 3. The van der Waals surface area contributed by atoms with E-state index in [9.17, 15) is 18.8 Å². The molecule has 0 saturated carbocycles. The molecule has 0 aromatic heterocycles. The molecule has 0 spiro atoms. The molecule has 0 bridgehead atoms. The van der Waals surface area contributed by atoms with Crippen LogP contribution in [-0.4, -0.2) is 88.1 Å². The summed E-state index contributed by atoms with van der Waals surface area (Å²) in [5, 5.41) is 6.03. The SMILES string of the molecule is C#CCN1CC(=O)N2[C@@H](CCSC)C(=O)N(CCc3ccc(F)cc3)C[C@@H]2N1C(=O)NCc1ccccc1. The van der Waals surface area contributed by atoms with Crippen LogP contribution >= 0.6 is 11.8 Å². The normalized spacial score (nSPS) is 19.8. The van der Waals surface area contributed by atoms with E-state index in [1.165, 1.54) is 17.1 Å². The van der Waals surface area contributed by atoms with Gasteiger partial charge in [-0.3, -0.25) is 9.59 Å². The number of benzene rings is 2. The summed E-state index contributed by atoms with van der Waals surface area (Å²) in [7, 11) is 0. The van der Waals surface area contributed by atoms with Crippen molar-refractivity contribution in [1.29, 1.82) is 0 Å². The van der Waals surface area contributed by atoms with Gasteiger partial charge in [0.05, 0.1) is 19.6 Å². The molecule has 2 aliphatic rings. The van der Waals surface area contributed by atoms with Crippen molar-refractivity contribution < 1.29 is 18.8 Å². The zero-order valence-electron chi connectivity index (χ0n) is 21.4. The van der Waals surface area contributed by atoms with Crippen molar-refractivity contribution in [2.75, 3.05) is 38.2 Å². The third-order valence-corrected chi connectivity index (χ3v) is 7.42. The van der Waals surface area contributed by atoms with Crippen molar-refractivity contribution in [1.82, 2.24) is 25.1 Å². The second kappa shape index (κ2) is 12.8. The van der Waals surface area contributed by atoms with Crippen LogP contribution in [0.2, 0.25) is 0 Å². The summed E-state index contributed by atoms with van der Waals surface area (Å²) in [6.07, 6.45) is 7.85. The number of urea groups is 1. The lowest BCUT2D eigenvalue weighted by molar-refractivity contribution is -0.188. The first-order chi connectivity index (χ1) is 18.4. The van der Waals surface area contributed by atoms with Crippen LogP contribution in [0.3, 0.4) is 0 Å². The second-order valence-electron chi connectivity index (χ2n) is 9.26. The zero-order valence-corrected chi connectivity index (χ0v) is 22.2. The molecule has 2 fully saturated rings. The summed E-state index contributed by atoms with van der Waals surface area (Å²) in [6, 6.07) is 14.7. The van der Waals surface area contributed by atoms with Crippen LogP contribution in [0.1, 0.15) is 17.5 Å². The van der Waals surface area contributed by atoms with Gasteiger partial charge in [-0.2, -0.15) is 16.8 Å². The summed E-state index contributed by atoms with van der Waals surface area (Å²) in [5.41, 5.74) is 1.83. The van der Waals surface area contributed by atoms with Crippen molar-refractivity contribution in [3.8, 4) is 12.3 Å². The number of thioether (sulfide) groups is 1. The predicted octanol–water partition coefficient (Wildman–Crippen LogP) is 2.56. The Bertz CT molecular complexity index is 1170. The van der Waals surface area contributed by atoms with Crippen LogP contribution in [0.4, 0.5) is 9.18 Å². The molecule has 0 unspecified atom stereocenters. The number of nitrogens with zero attached hydrogens (tertiary/aromatic N) is 4. The molecule has 2 heterocycles. The van der Waals surface area contributed by atoms with Crippen LogP contribution in [-0.2, 0) is 22.6 Å².